The summed E-state index contributed by atoms with van der Waals surface area (Å²) in [6.45, 7) is 0. The predicted octanol–water partition coefficient (Wildman–Crippen LogP) is 1.49. The number of carboxylic acids is 1. The van der Waals surface area contributed by atoms with Crippen LogP contribution in [0.4, 0.5) is 0 Å². The van der Waals surface area contributed by atoms with E-state index in [1.165, 1.54) is 19.4 Å². The van der Waals surface area contributed by atoms with Gasteiger partial charge in [0.15, 0.2) is 0 Å². The highest BCUT2D eigenvalue weighted by molar-refractivity contribution is 5.95. The fourth-order valence-corrected chi connectivity index (χ4v) is 1.50. The van der Waals surface area contributed by atoms with Crippen LogP contribution in [0, 0.1) is 0 Å². The van der Waals surface area contributed by atoms with Gasteiger partial charge in [-0.3, -0.25) is 5.10 Å². The van der Waals surface area contributed by atoms with E-state index >= 15 is 0 Å². The highest BCUT2D eigenvalue weighted by Gasteiger charge is 2.16. The Hall–Kier alpha value is -2.50. The molecule has 0 radical (unpaired) electrons. The van der Waals surface area contributed by atoms with Crippen LogP contribution in [0.3, 0.4) is 0 Å². The number of aromatic nitrogens is 2. The van der Waals surface area contributed by atoms with Crippen LogP contribution in [-0.4, -0.2) is 33.5 Å². The molecule has 0 saturated carbocycles. The topological polar surface area (TPSA) is 95.4 Å². The molecule has 1 aromatic heterocycles. The van der Waals surface area contributed by atoms with Gasteiger partial charge in [-0.05, 0) is 12.1 Å². The molecule has 0 unspecified atom stereocenters. The van der Waals surface area contributed by atoms with Crippen molar-refractivity contribution in [2.24, 2.45) is 0 Å². The van der Waals surface area contributed by atoms with Crippen LogP contribution in [0.15, 0.2) is 24.4 Å². The second-order valence-corrected chi connectivity index (χ2v) is 3.35. The Morgan fingerprint density at radius 2 is 2.24 bits per heavy atom. The smallest absolute Gasteiger partial charge is 0.339 e. The predicted molar refractivity (Wildman–Crippen MR) is 59.2 cm³/mol. The van der Waals surface area contributed by atoms with E-state index in [2.05, 4.69) is 10.2 Å². The third-order valence-electron chi connectivity index (χ3n) is 2.34. The Bertz CT molecular complexity index is 562. The van der Waals surface area contributed by atoms with Crippen molar-refractivity contribution in [2.75, 3.05) is 7.11 Å². The summed E-state index contributed by atoms with van der Waals surface area (Å²) in [5.74, 6) is -0.692. The molecule has 0 fully saturated rings. The second-order valence-electron chi connectivity index (χ2n) is 3.35. The lowest BCUT2D eigenvalue weighted by Gasteiger charge is -2.05. The number of phenolic OH excluding ortho intramolecular Hbond substituents is 1. The first kappa shape index (κ1) is 11.0. The van der Waals surface area contributed by atoms with E-state index < -0.39 is 5.97 Å². The number of phenols is 1. The number of ether oxygens (including phenoxy) is 1. The summed E-state index contributed by atoms with van der Waals surface area (Å²) in [5.41, 5.74) is 0.629. The molecule has 0 atom stereocenters. The normalized spacial score (nSPS) is 10.2. The van der Waals surface area contributed by atoms with Crippen molar-refractivity contribution in [3.05, 3.63) is 30.0 Å². The van der Waals surface area contributed by atoms with Gasteiger partial charge in [-0.1, -0.05) is 0 Å². The number of rotatable bonds is 3. The largest absolute Gasteiger partial charge is 0.507 e. The summed E-state index contributed by atoms with van der Waals surface area (Å²) in [6, 6.07) is 4.59. The number of carbonyl (C=O) groups is 1. The number of aromatic amines is 1. The third-order valence-corrected chi connectivity index (χ3v) is 2.34. The molecule has 0 spiro atoms. The zero-order valence-electron chi connectivity index (χ0n) is 8.97. The van der Waals surface area contributed by atoms with Crippen molar-refractivity contribution in [2.45, 2.75) is 0 Å². The lowest BCUT2D eigenvalue weighted by Crippen LogP contribution is -1.97. The van der Waals surface area contributed by atoms with E-state index in [1.54, 1.807) is 12.1 Å². The average Bonchev–Trinajstić information content (AvgIpc) is 2.77. The van der Waals surface area contributed by atoms with Crippen LogP contribution >= 0.6 is 0 Å². The van der Waals surface area contributed by atoms with Crippen LogP contribution in [0.5, 0.6) is 11.5 Å². The molecule has 2 aromatic rings. The molecule has 0 aliphatic carbocycles. The second kappa shape index (κ2) is 4.17. The van der Waals surface area contributed by atoms with E-state index in [-0.39, 0.29) is 17.0 Å². The van der Waals surface area contributed by atoms with Crippen molar-refractivity contribution in [1.29, 1.82) is 0 Å². The number of aromatic hydroxyl groups is 1. The molecular formula is C11H10N2O4. The number of aromatic carboxylic acids is 1. The summed E-state index contributed by atoms with van der Waals surface area (Å²) in [7, 11) is 1.48. The number of nitrogens with zero attached hydrogens (tertiary/aromatic N) is 1. The SMILES string of the molecule is COc1ccc(-c2[nH]ncc2C(=O)O)c(O)c1. The Morgan fingerprint density at radius 3 is 2.82 bits per heavy atom. The fourth-order valence-electron chi connectivity index (χ4n) is 1.50. The van der Waals surface area contributed by atoms with E-state index in [4.69, 9.17) is 9.84 Å². The van der Waals surface area contributed by atoms with Gasteiger partial charge >= 0.3 is 5.97 Å². The van der Waals surface area contributed by atoms with Gasteiger partial charge in [0.25, 0.3) is 0 Å². The van der Waals surface area contributed by atoms with Crippen molar-refractivity contribution in [1.82, 2.24) is 10.2 Å². The van der Waals surface area contributed by atoms with Gasteiger partial charge in [0.2, 0.25) is 0 Å². The zero-order valence-corrected chi connectivity index (χ0v) is 8.97. The van der Waals surface area contributed by atoms with E-state index in [9.17, 15) is 9.90 Å². The van der Waals surface area contributed by atoms with Crippen LogP contribution in [-0.2, 0) is 0 Å². The molecule has 3 N–H and O–H groups in total. The van der Waals surface area contributed by atoms with Crippen LogP contribution < -0.4 is 4.74 Å². The van der Waals surface area contributed by atoms with Crippen molar-refractivity contribution >= 4 is 5.97 Å². The summed E-state index contributed by atoms with van der Waals surface area (Å²) in [5, 5.41) is 24.9. The Labute approximate surface area is 96.5 Å². The van der Waals surface area contributed by atoms with E-state index in [0.29, 0.717) is 11.3 Å². The number of hydrogen-bond donors (Lipinski definition) is 3. The molecule has 17 heavy (non-hydrogen) atoms. The fraction of sp³-hybridized carbons (Fsp3) is 0.0909. The zero-order chi connectivity index (χ0) is 12.4. The van der Waals surface area contributed by atoms with E-state index in [1.807, 2.05) is 0 Å². The third kappa shape index (κ3) is 1.92. The number of H-pyrrole nitrogens is 1. The number of hydrogen-bond acceptors (Lipinski definition) is 4. The number of carboxylic acid groups (broad SMARTS) is 1. The lowest BCUT2D eigenvalue weighted by atomic mass is 10.1. The molecule has 0 amide bonds. The maximum atomic E-state index is 10.9. The number of nitrogens with one attached hydrogen (secondary N) is 1. The highest BCUT2D eigenvalue weighted by atomic mass is 16.5. The molecule has 1 aromatic carbocycles. The Morgan fingerprint density at radius 1 is 1.47 bits per heavy atom. The average molecular weight is 234 g/mol. The van der Waals surface area contributed by atoms with Gasteiger partial charge in [-0.15, -0.1) is 0 Å². The Balaban J connectivity index is 2.53. The minimum Gasteiger partial charge on any atom is -0.507 e. The maximum absolute atomic E-state index is 10.9. The molecule has 6 nitrogen and oxygen atoms in total. The lowest BCUT2D eigenvalue weighted by molar-refractivity contribution is 0.0698. The molecule has 0 aliphatic rings. The standard InChI is InChI=1S/C11H10N2O4/c1-17-6-2-3-7(9(14)4-6)10-8(11(15)16)5-12-13-10/h2-5,14H,1H3,(H,12,13)(H,15,16). The molecule has 1 heterocycles. The van der Waals surface area contributed by atoms with Crippen molar-refractivity contribution < 1.29 is 19.7 Å². The minimum absolute atomic E-state index is 0.00506. The van der Waals surface area contributed by atoms with Crippen molar-refractivity contribution in [3.63, 3.8) is 0 Å². The van der Waals surface area contributed by atoms with Crippen molar-refractivity contribution in [3.8, 4) is 22.8 Å². The molecule has 0 saturated heterocycles. The van der Waals surface area contributed by atoms with Gasteiger partial charge in [-0.2, -0.15) is 5.10 Å². The van der Waals surface area contributed by atoms with E-state index in [0.717, 1.165) is 0 Å². The molecule has 2 rings (SSSR count). The minimum atomic E-state index is -1.11. The summed E-state index contributed by atoms with van der Waals surface area (Å²) < 4.78 is 4.94. The summed E-state index contributed by atoms with van der Waals surface area (Å²) in [4.78, 5) is 10.9. The summed E-state index contributed by atoms with van der Waals surface area (Å²) >= 11 is 0. The van der Waals surface area contributed by atoms with Gasteiger partial charge < -0.3 is 14.9 Å². The monoisotopic (exact) mass is 234 g/mol. The van der Waals surface area contributed by atoms with Gasteiger partial charge in [0.1, 0.15) is 17.1 Å². The molecule has 0 aliphatic heterocycles. The van der Waals surface area contributed by atoms with Crippen LogP contribution in [0.1, 0.15) is 10.4 Å². The number of methoxy groups -OCH3 is 1. The van der Waals surface area contributed by atoms with Gasteiger partial charge in [-0.25, -0.2) is 4.79 Å². The van der Waals surface area contributed by atoms with Gasteiger partial charge in [0, 0.05) is 11.6 Å². The number of benzene rings is 1. The first-order valence-electron chi connectivity index (χ1n) is 4.77. The first-order chi connectivity index (χ1) is 8.13. The van der Waals surface area contributed by atoms with Crippen LogP contribution in [0.25, 0.3) is 11.3 Å². The molecule has 6 heteroatoms. The van der Waals surface area contributed by atoms with Crippen LogP contribution in [0.2, 0.25) is 0 Å². The maximum Gasteiger partial charge on any atom is 0.339 e. The summed E-state index contributed by atoms with van der Waals surface area (Å²) in [6.07, 6.45) is 1.20. The first-order valence-corrected chi connectivity index (χ1v) is 4.77. The van der Waals surface area contributed by atoms with Gasteiger partial charge in [0.05, 0.1) is 19.0 Å². The molecule has 88 valence electrons. The highest BCUT2D eigenvalue weighted by Crippen LogP contribution is 2.32. The Kier molecular flexibility index (Phi) is 2.70. The molecular weight excluding hydrogens is 224 g/mol. The molecule has 0 bridgehead atoms. The quantitative estimate of drug-likeness (QED) is 0.747.